The second-order valence-corrected chi connectivity index (χ2v) is 5.99. The summed E-state index contributed by atoms with van der Waals surface area (Å²) in [5, 5.41) is 7.37. The second kappa shape index (κ2) is 6.11. The van der Waals surface area contributed by atoms with Gasteiger partial charge in [-0.25, -0.2) is 9.89 Å². The van der Waals surface area contributed by atoms with Crippen LogP contribution in [0, 0.1) is 0 Å². The van der Waals surface area contributed by atoms with Crippen LogP contribution in [0.5, 0.6) is 0 Å². The van der Waals surface area contributed by atoms with Gasteiger partial charge in [0, 0.05) is 19.0 Å². The zero-order chi connectivity index (χ0) is 13.1. The highest BCUT2D eigenvalue weighted by atomic mass is 32.2. The van der Waals surface area contributed by atoms with Gasteiger partial charge in [0.25, 0.3) is 0 Å². The van der Waals surface area contributed by atoms with E-state index in [2.05, 4.69) is 10.2 Å². The number of hydrogen-bond acceptors (Lipinski definition) is 5. The quantitative estimate of drug-likeness (QED) is 0.818. The number of nitrogens with zero attached hydrogens (tertiary/aromatic N) is 2. The van der Waals surface area contributed by atoms with Gasteiger partial charge < -0.3 is 9.47 Å². The molecule has 1 aromatic heterocycles. The molecule has 2 saturated heterocycles. The van der Waals surface area contributed by atoms with Crippen molar-refractivity contribution in [3.63, 3.8) is 0 Å². The topological polar surface area (TPSA) is 69.1 Å². The lowest BCUT2D eigenvalue weighted by Gasteiger charge is -2.12. The lowest BCUT2D eigenvalue weighted by Crippen LogP contribution is -2.25. The Morgan fingerprint density at radius 3 is 2.68 bits per heavy atom. The SMILES string of the molecule is O=c1[nH]nc(SC[C@H]2CCCO2)n1C[C@@H]1CCCO1. The summed E-state index contributed by atoms with van der Waals surface area (Å²) in [7, 11) is 0. The predicted octanol–water partition coefficient (Wildman–Crippen LogP) is 1.02. The first-order chi connectivity index (χ1) is 9.33. The Morgan fingerprint density at radius 2 is 2.00 bits per heavy atom. The Balaban J connectivity index is 1.61. The van der Waals surface area contributed by atoms with E-state index in [9.17, 15) is 4.79 Å². The summed E-state index contributed by atoms with van der Waals surface area (Å²) in [6, 6.07) is 0. The molecule has 2 aliphatic heterocycles. The number of rotatable bonds is 5. The number of aromatic amines is 1. The van der Waals surface area contributed by atoms with Crippen LogP contribution >= 0.6 is 11.8 Å². The van der Waals surface area contributed by atoms with E-state index in [1.807, 2.05) is 0 Å². The molecule has 106 valence electrons. The van der Waals surface area contributed by atoms with Crippen molar-refractivity contribution < 1.29 is 9.47 Å². The summed E-state index contributed by atoms with van der Waals surface area (Å²) in [6.07, 6.45) is 4.79. The first kappa shape index (κ1) is 13.2. The monoisotopic (exact) mass is 285 g/mol. The highest BCUT2D eigenvalue weighted by Crippen LogP contribution is 2.22. The molecule has 1 N–H and O–H groups in total. The summed E-state index contributed by atoms with van der Waals surface area (Å²) < 4.78 is 12.9. The molecule has 1 aromatic rings. The van der Waals surface area contributed by atoms with E-state index in [1.54, 1.807) is 16.3 Å². The molecule has 0 spiro atoms. The fraction of sp³-hybridized carbons (Fsp3) is 0.833. The third-order valence-corrected chi connectivity index (χ3v) is 4.66. The molecule has 0 amide bonds. The second-order valence-electron chi connectivity index (χ2n) is 5.00. The molecular weight excluding hydrogens is 266 g/mol. The van der Waals surface area contributed by atoms with Crippen molar-refractivity contribution in [1.29, 1.82) is 0 Å². The molecule has 0 aliphatic carbocycles. The van der Waals surface area contributed by atoms with Crippen molar-refractivity contribution in [1.82, 2.24) is 14.8 Å². The van der Waals surface area contributed by atoms with Crippen molar-refractivity contribution in [3.05, 3.63) is 10.5 Å². The first-order valence-electron chi connectivity index (χ1n) is 6.84. The van der Waals surface area contributed by atoms with E-state index < -0.39 is 0 Å². The van der Waals surface area contributed by atoms with Crippen LogP contribution in [0.25, 0.3) is 0 Å². The minimum absolute atomic E-state index is 0.148. The maximum absolute atomic E-state index is 11.8. The summed E-state index contributed by atoms with van der Waals surface area (Å²) >= 11 is 1.59. The molecule has 3 rings (SSSR count). The van der Waals surface area contributed by atoms with Crippen molar-refractivity contribution in [2.24, 2.45) is 0 Å². The number of aromatic nitrogens is 3. The van der Waals surface area contributed by atoms with Gasteiger partial charge in [0.15, 0.2) is 5.16 Å². The van der Waals surface area contributed by atoms with Gasteiger partial charge in [0.05, 0.1) is 18.8 Å². The molecule has 19 heavy (non-hydrogen) atoms. The lowest BCUT2D eigenvalue weighted by atomic mass is 10.2. The Labute approximate surface area is 115 Å². The molecule has 0 unspecified atom stereocenters. The molecule has 0 saturated carbocycles. The Morgan fingerprint density at radius 1 is 1.26 bits per heavy atom. The fourth-order valence-corrected chi connectivity index (χ4v) is 3.53. The third kappa shape index (κ3) is 3.21. The van der Waals surface area contributed by atoms with Gasteiger partial charge >= 0.3 is 5.69 Å². The smallest absolute Gasteiger partial charge is 0.344 e. The first-order valence-corrected chi connectivity index (χ1v) is 7.82. The van der Waals surface area contributed by atoms with Crippen LogP contribution in [-0.2, 0) is 16.0 Å². The Kier molecular flexibility index (Phi) is 4.24. The number of thioether (sulfide) groups is 1. The van der Waals surface area contributed by atoms with Gasteiger partial charge in [-0.15, -0.1) is 5.10 Å². The highest BCUT2D eigenvalue weighted by Gasteiger charge is 2.21. The summed E-state index contributed by atoms with van der Waals surface area (Å²) in [6.45, 7) is 2.26. The zero-order valence-electron chi connectivity index (χ0n) is 10.8. The Bertz CT molecular complexity index is 461. The molecular formula is C12H19N3O3S. The average Bonchev–Trinajstić information content (AvgIpc) is 3.13. The van der Waals surface area contributed by atoms with Gasteiger partial charge in [0.2, 0.25) is 0 Å². The van der Waals surface area contributed by atoms with Gasteiger partial charge in [-0.05, 0) is 25.7 Å². The maximum Gasteiger partial charge on any atom is 0.344 e. The minimum Gasteiger partial charge on any atom is -0.377 e. The van der Waals surface area contributed by atoms with Crippen LogP contribution in [0.2, 0.25) is 0 Å². The summed E-state index contributed by atoms with van der Waals surface area (Å²) in [5.74, 6) is 0.857. The van der Waals surface area contributed by atoms with Gasteiger partial charge in [0.1, 0.15) is 0 Å². The van der Waals surface area contributed by atoms with Crippen molar-refractivity contribution in [2.75, 3.05) is 19.0 Å². The van der Waals surface area contributed by atoms with Gasteiger partial charge in [-0.3, -0.25) is 4.57 Å². The molecule has 2 aliphatic rings. The number of ether oxygens (including phenoxy) is 2. The third-order valence-electron chi connectivity index (χ3n) is 3.56. The van der Waals surface area contributed by atoms with Crippen LogP contribution in [0.15, 0.2) is 9.95 Å². The molecule has 0 radical (unpaired) electrons. The van der Waals surface area contributed by atoms with E-state index in [-0.39, 0.29) is 11.8 Å². The van der Waals surface area contributed by atoms with Crippen molar-refractivity contribution in [3.8, 4) is 0 Å². The maximum atomic E-state index is 11.8. The molecule has 0 bridgehead atoms. The van der Waals surface area contributed by atoms with Crippen LogP contribution < -0.4 is 5.69 Å². The summed E-state index contributed by atoms with van der Waals surface area (Å²) in [4.78, 5) is 11.8. The number of hydrogen-bond donors (Lipinski definition) is 1. The van der Waals surface area contributed by atoms with E-state index in [0.717, 1.165) is 49.8 Å². The molecule has 0 aromatic carbocycles. The minimum atomic E-state index is -0.148. The molecule has 2 fully saturated rings. The van der Waals surface area contributed by atoms with Crippen LogP contribution in [0.1, 0.15) is 25.7 Å². The number of H-pyrrole nitrogens is 1. The standard InChI is InChI=1S/C12H19N3O3S/c16-11-13-14-12(19-8-10-4-2-6-18-10)15(11)7-9-3-1-5-17-9/h9-10H,1-8H2,(H,13,16)/t9-,10+/m0/s1. The lowest BCUT2D eigenvalue weighted by molar-refractivity contribution is 0.0941. The van der Waals surface area contributed by atoms with Gasteiger partial charge in [-0.1, -0.05) is 11.8 Å². The van der Waals surface area contributed by atoms with Gasteiger partial charge in [-0.2, -0.15) is 0 Å². The van der Waals surface area contributed by atoms with E-state index >= 15 is 0 Å². The predicted molar refractivity (Wildman–Crippen MR) is 71.5 cm³/mol. The molecule has 2 atom stereocenters. The van der Waals surface area contributed by atoms with E-state index in [0.29, 0.717) is 12.6 Å². The normalized spacial score (nSPS) is 27.2. The zero-order valence-corrected chi connectivity index (χ0v) is 11.7. The van der Waals surface area contributed by atoms with E-state index in [4.69, 9.17) is 9.47 Å². The molecule has 3 heterocycles. The average molecular weight is 285 g/mol. The summed E-state index contributed by atoms with van der Waals surface area (Å²) in [5.41, 5.74) is -0.148. The Hall–Kier alpha value is -0.790. The molecule has 7 heteroatoms. The number of nitrogens with one attached hydrogen (secondary N) is 1. The molecule has 6 nitrogen and oxygen atoms in total. The van der Waals surface area contributed by atoms with Crippen LogP contribution in [-0.4, -0.2) is 45.9 Å². The van der Waals surface area contributed by atoms with Crippen LogP contribution in [0.4, 0.5) is 0 Å². The largest absolute Gasteiger partial charge is 0.377 e. The van der Waals surface area contributed by atoms with Crippen LogP contribution in [0.3, 0.4) is 0 Å². The van der Waals surface area contributed by atoms with Crippen molar-refractivity contribution in [2.45, 2.75) is 49.6 Å². The van der Waals surface area contributed by atoms with E-state index in [1.165, 1.54) is 0 Å². The van der Waals surface area contributed by atoms with Crippen molar-refractivity contribution >= 4 is 11.8 Å². The highest BCUT2D eigenvalue weighted by molar-refractivity contribution is 7.99. The fourth-order valence-electron chi connectivity index (χ4n) is 2.51.